The van der Waals surface area contributed by atoms with Gasteiger partial charge in [0.2, 0.25) is 0 Å². The third-order valence-electron chi connectivity index (χ3n) is 7.79. The SMILES string of the molecule is [2H]c1ccc(-c2c3ccccc3c(-c3cc(-c4ccccc4)cc4oc5ccccc5c34)c3ccccc23)cc1. The van der Waals surface area contributed by atoms with E-state index >= 15 is 0 Å². The highest BCUT2D eigenvalue weighted by molar-refractivity contribution is 6.26. The predicted octanol–water partition coefficient (Wildman–Crippen LogP) is 10.9. The summed E-state index contributed by atoms with van der Waals surface area (Å²) in [7, 11) is 0. The second kappa shape index (κ2) is 8.72. The Balaban J connectivity index is 1.57. The first kappa shape index (κ1) is 20.9. The van der Waals surface area contributed by atoms with Gasteiger partial charge in [0, 0.05) is 10.8 Å². The van der Waals surface area contributed by atoms with E-state index in [0.717, 1.165) is 38.6 Å². The molecule has 8 aromatic rings. The summed E-state index contributed by atoms with van der Waals surface area (Å²) in [6.45, 7) is 0. The molecule has 0 saturated carbocycles. The maximum atomic E-state index is 8.04. The van der Waals surface area contributed by atoms with Crippen molar-refractivity contribution in [2.45, 2.75) is 0 Å². The second-order valence-corrected chi connectivity index (χ2v) is 9.99. The van der Waals surface area contributed by atoms with Gasteiger partial charge in [0.05, 0.1) is 1.37 Å². The van der Waals surface area contributed by atoms with E-state index in [2.05, 4.69) is 121 Å². The molecule has 1 nitrogen and oxygen atoms in total. The van der Waals surface area contributed by atoms with E-state index < -0.39 is 0 Å². The lowest BCUT2D eigenvalue weighted by Gasteiger charge is -2.19. The summed E-state index contributed by atoms with van der Waals surface area (Å²) in [6, 6.07) is 49.2. The molecule has 0 unspecified atom stereocenters. The standard InChI is InChI=1S/C38H24O/c1-3-13-25(14-4-1)27-23-33(38-32-21-11-12-22-34(32)39-35(38)24-27)37-30-19-9-7-17-28(30)36(26-15-5-2-6-16-26)29-18-8-10-20-31(29)37/h1-24H/i2D. The molecule has 0 amide bonds. The molecule has 0 spiro atoms. The summed E-state index contributed by atoms with van der Waals surface area (Å²) in [4.78, 5) is 0. The number of para-hydroxylation sites is 1. The van der Waals surface area contributed by atoms with Crippen molar-refractivity contribution in [2.24, 2.45) is 0 Å². The van der Waals surface area contributed by atoms with Crippen LogP contribution in [-0.2, 0) is 0 Å². The Labute approximate surface area is 228 Å². The Hall–Kier alpha value is -5.14. The zero-order valence-electron chi connectivity index (χ0n) is 22.2. The van der Waals surface area contributed by atoms with Gasteiger partial charge in [-0.15, -0.1) is 0 Å². The van der Waals surface area contributed by atoms with Crippen LogP contribution in [0.25, 0.3) is 76.9 Å². The van der Waals surface area contributed by atoms with E-state index in [4.69, 9.17) is 5.79 Å². The molecular formula is C38H24O. The first-order chi connectivity index (χ1) is 19.8. The minimum atomic E-state index is 0.515. The molecule has 0 aliphatic carbocycles. The molecule has 0 bridgehead atoms. The van der Waals surface area contributed by atoms with Crippen LogP contribution in [0.5, 0.6) is 0 Å². The Morgan fingerprint density at radius 1 is 0.410 bits per heavy atom. The first-order valence-electron chi connectivity index (χ1n) is 13.8. The summed E-state index contributed by atoms with van der Waals surface area (Å²) in [6.07, 6.45) is 0. The topological polar surface area (TPSA) is 13.1 Å². The maximum absolute atomic E-state index is 8.04. The van der Waals surface area contributed by atoms with E-state index in [9.17, 15) is 0 Å². The highest BCUT2D eigenvalue weighted by atomic mass is 16.3. The molecule has 0 radical (unpaired) electrons. The zero-order valence-corrected chi connectivity index (χ0v) is 21.2. The summed E-state index contributed by atoms with van der Waals surface area (Å²) < 4.78 is 14.5. The molecular weight excluding hydrogens is 472 g/mol. The van der Waals surface area contributed by atoms with Gasteiger partial charge in [-0.3, -0.25) is 0 Å². The Morgan fingerprint density at radius 3 is 1.62 bits per heavy atom. The zero-order chi connectivity index (χ0) is 26.6. The van der Waals surface area contributed by atoms with Crippen molar-refractivity contribution in [3.63, 3.8) is 0 Å². The van der Waals surface area contributed by atoms with E-state index in [-0.39, 0.29) is 0 Å². The molecule has 39 heavy (non-hydrogen) atoms. The van der Waals surface area contributed by atoms with Gasteiger partial charge in [0.25, 0.3) is 0 Å². The first-order valence-corrected chi connectivity index (χ1v) is 13.3. The lowest BCUT2D eigenvalue weighted by Crippen LogP contribution is -1.92. The summed E-state index contributed by atoms with van der Waals surface area (Å²) in [5.41, 5.74) is 8.76. The van der Waals surface area contributed by atoms with Crippen molar-refractivity contribution < 1.29 is 5.79 Å². The minimum absolute atomic E-state index is 0.515. The summed E-state index contributed by atoms with van der Waals surface area (Å²) in [5.74, 6) is 0. The highest BCUT2D eigenvalue weighted by Crippen LogP contribution is 2.47. The monoisotopic (exact) mass is 497 g/mol. The van der Waals surface area contributed by atoms with Gasteiger partial charge in [0.1, 0.15) is 11.2 Å². The second-order valence-electron chi connectivity index (χ2n) is 9.99. The third kappa shape index (κ3) is 3.41. The number of furan rings is 1. The van der Waals surface area contributed by atoms with Crippen molar-refractivity contribution in [3.8, 4) is 33.4 Å². The largest absolute Gasteiger partial charge is 0.456 e. The average molecular weight is 498 g/mol. The van der Waals surface area contributed by atoms with Gasteiger partial charge in [-0.1, -0.05) is 127 Å². The molecule has 182 valence electrons. The van der Waals surface area contributed by atoms with Gasteiger partial charge in [0.15, 0.2) is 0 Å². The Kier molecular flexibility index (Phi) is 4.66. The fraction of sp³-hybridized carbons (Fsp3) is 0. The number of rotatable bonds is 3. The molecule has 1 heteroatoms. The molecule has 0 N–H and O–H groups in total. The van der Waals surface area contributed by atoms with Crippen molar-refractivity contribution in [3.05, 3.63) is 146 Å². The van der Waals surface area contributed by atoms with Crippen LogP contribution in [0.3, 0.4) is 0 Å². The quantitative estimate of drug-likeness (QED) is 0.221. The van der Waals surface area contributed by atoms with Crippen LogP contribution in [0.1, 0.15) is 1.37 Å². The molecule has 1 aromatic heterocycles. The van der Waals surface area contributed by atoms with Crippen LogP contribution >= 0.6 is 0 Å². The fourth-order valence-electron chi connectivity index (χ4n) is 6.13. The van der Waals surface area contributed by atoms with Gasteiger partial charge in [-0.05, 0) is 73.1 Å². The predicted molar refractivity (Wildman–Crippen MR) is 165 cm³/mol. The van der Waals surface area contributed by atoms with E-state index in [0.29, 0.717) is 6.04 Å². The molecule has 0 saturated heterocycles. The molecule has 0 aliphatic heterocycles. The third-order valence-corrected chi connectivity index (χ3v) is 7.79. The molecule has 1 heterocycles. The summed E-state index contributed by atoms with van der Waals surface area (Å²) in [5, 5.41) is 7.04. The smallest absolute Gasteiger partial charge is 0.136 e. The van der Waals surface area contributed by atoms with Gasteiger partial charge in [-0.2, -0.15) is 0 Å². The van der Waals surface area contributed by atoms with Gasteiger partial charge < -0.3 is 4.42 Å². The summed E-state index contributed by atoms with van der Waals surface area (Å²) >= 11 is 0. The van der Waals surface area contributed by atoms with Crippen molar-refractivity contribution in [1.82, 2.24) is 0 Å². The van der Waals surface area contributed by atoms with Crippen molar-refractivity contribution >= 4 is 43.5 Å². The number of benzene rings is 7. The van der Waals surface area contributed by atoms with Crippen molar-refractivity contribution in [2.75, 3.05) is 0 Å². The maximum Gasteiger partial charge on any atom is 0.136 e. The Morgan fingerprint density at radius 2 is 0.949 bits per heavy atom. The lowest BCUT2D eigenvalue weighted by molar-refractivity contribution is 0.669. The average Bonchev–Trinajstić information content (AvgIpc) is 3.39. The molecule has 8 rings (SSSR count). The van der Waals surface area contributed by atoms with Crippen LogP contribution < -0.4 is 0 Å². The van der Waals surface area contributed by atoms with Crippen LogP contribution in [0.4, 0.5) is 0 Å². The van der Waals surface area contributed by atoms with E-state index in [1.807, 2.05) is 18.2 Å². The van der Waals surface area contributed by atoms with Crippen molar-refractivity contribution in [1.29, 1.82) is 0 Å². The molecule has 0 atom stereocenters. The van der Waals surface area contributed by atoms with Crippen LogP contribution in [-0.4, -0.2) is 0 Å². The van der Waals surface area contributed by atoms with E-state index in [1.54, 1.807) is 0 Å². The van der Waals surface area contributed by atoms with Crippen LogP contribution in [0.15, 0.2) is 150 Å². The number of hydrogen-bond acceptors (Lipinski definition) is 1. The minimum Gasteiger partial charge on any atom is -0.456 e. The van der Waals surface area contributed by atoms with E-state index in [1.165, 1.54) is 38.2 Å². The van der Waals surface area contributed by atoms with Crippen LogP contribution in [0, 0.1) is 0 Å². The number of fused-ring (bicyclic) bond motifs is 5. The fourth-order valence-corrected chi connectivity index (χ4v) is 6.13. The Bertz CT molecular complexity index is 2150. The normalized spacial score (nSPS) is 11.9. The molecule has 0 fully saturated rings. The molecule has 7 aromatic carbocycles. The van der Waals surface area contributed by atoms with Crippen LogP contribution in [0.2, 0.25) is 0 Å². The highest BCUT2D eigenvalue weighted by Gasteiger charge is 2.21. The van der Waals surface area contributed by atoms with Gasteiger partial charge >= 0.3 is 0 Å². The number of hydrogen-bond donors (Lipinski definition) is 0. The lowest BCUT2D eigenvalue weighted by atomic mass is 9.84. The van der Waals surface area contributed by atoms with Gasteiger partial charge in [-0.25, -0.2) is 0 Å². The molecule has 0 aliphatic rings.